The van der Waals surface area contributed by atoms with E-state index in [4.69, 9.17) is 11.6 Å². The lowest BCUT2D eigenvalue weighted by atomic mass is 10.2. The molecule has 1 aliphatic heterocycles. The van der Waals surface area contributed by atoms with Gasteiger partial charge in [-0.3, -0.25) is 4.79 Å². The van der Waals surface area contributed by atoms with Crippen LogP contribution in [0.5, 0.6) is 0 Å². The number of benzene rings is 1. The summed E-state index contributed by atoms with van der Waals surface area (Å²) in [7, 11) is 0. The Labute approximate surface area is 118 Å². The van der Waals surface area contributed by atoms with Gasteiger partial charge in [0.05, 0.1) is 17.3 Å². The van der Waals surface area contributed by atoms with Gasteiger partial charge in [0.1, 0.15) is 5.82 Å². The predicted octanol–water partition coefficient (Wildman–Crippen LogP) is 1.47. The van der Waals surface area contributed by atoms with Crippen LogP contribution >= 0.6 is 11.6 Å². The molecule has 104 valence electrons. The van der Waals surface area contributed by atoms with Crippen LogP contribution in [0.25, 0.3) is 0 Å². The van der Waals surface area contributed by atoms with E-state index >= 15 is 0 Å². The maximum Gasteiger partial charge on any atom is 0.277 e. The van der Waals surface area contributed by atoms with Gasteiger partial charge in [0.25, 0.3) is 5.91 Å². The Morgan fingerprint density at radius 2 is 2.30 bits per heavy atom. The van der Waals surface area contributed by atoms with Crippen molar-refractivity contribution >= 4 is 23.2 Å². The summed E-state index contributed by atoms with van der Waals surface area (Å²) in [6.45, 7) is 1.62. The highest BCUT2D eigenvalue weighted by molar-refractivity contribution is 6.30. The van der Waals surface area contributed by atoms with Gasteiger partial charge in [0.2, 0.25) is 0 Å². The molecule has 8 heteroatoms. The Bertz CT molecular complexity index is 655. The zero-order chi connectivity index (χ0) is 14.1. The molecular formula is C12H11ClFN5O. The van der Waals surface area contributed by atoms with Gasteiger partial charge < -0.3 is 10.6 Å². The molecule has 0 bridgehead atoms. The molecule has 1 saturated heterocycles. The van der Waals surface area contributed by atoms with Crippen molar-refractivity contribution in [1.82, 2.24) is 20.3 Å². The van der Waals surface area contributed by atoms with Crippen LogP contribution in [0.1, 0.15) is 16.5 Å². The van der Waals surface area contributed by atoms with Crippen LogP contribution < -0.4 is 10.6 Å². The first kappa shape index (κ1) is 13.0. The molecule has 0 saturated carbocycles. The fourth-order valence-corrected chi connectivity index (χ4v) is 1.91. The summed E-state index contributed by atoms with van der Waals surface area (Å²) < 4.78 is 14.9. The van der Waals surface area contributed by atoms with E-state index in [0.717, 1.165) is 19.2 Å². The van der Waals surface area contributed by atoms with E-state index in [1.165, 1.54) is 12.1 Å². The summed E-state index contributed by atoms with van der Waals surface area (Å²) in [5.41, 5.74) is 0.504. The van der Waals surface area contributed by atoms with Crippen molar-refractivity contribution in [3.63, 3.8) is 0 Å². The number of hydrogen-bond donors (Lipinski definition) is 2. The first-order valence-electron chi connectivity index (χ1n) is 6.02. The van der Waals surface area contributed by atoms with Gasteiger partial charge in [-0.05, 0) is 18.2 Å². The zero-order valence-corrected chi connectivity index (χ0v) is 11.1. The van der Waals surface area contributed by atoms with Crippen molar-refractivity contribution in [2.45, 2.75) is 6.04 Å². The molecule has 0 unspecified atom stereocenters. The van der Waals surface area contributed by atoms with Crippen molar-refractivity contribution in [3.05, 3.63) is 40.9 Å². The van der Waals surface area contributed by atoms with E-state index in [-0.39, 0.29) is 16.8 Å². The van der Waals surface area contributed by atoms with Crippen LogP contribution in [0.2, 0.25) is 5.02 Å². The van der Waals surface area contributed by atoms with Crippen molar-refractivity contribution in [1.29, 1.82) is 0 Å². The molecule has 1 aliphatic rings. The van der Waals surface area contributed by atoms with E-state index in [1.54, 1.807) is 10.9 Å². The fourth-order valence-electron chi connectivity index (χ4n) is 1.79. The number of amides is 1. The molecule has 0 atom stereocenters. The minimum Gasteiger partial charge on any atom is -0.320 e. The number of carbonyl (C=O) groups excluding carboxylic acids is 1. The van der Waals surface area contributed by atoms with Gasteiger partial charge in [-0.15, -0.1) is 5.10 Å². The number of nitrogens with zero attached hydrogens (tertiary/aromatic N) is 3. The zero-order valence-electron chi connectivity index (χ0n) is 10.3. The van der Waals surface area contributed by atoms with Crippen LogP contribution in [0.3, 0.4) is 0 Å². The minimum absolute atomic E-state index is 0.00595. The highest BCUT2D eigenvalue weighted by Gasteiger charge is 2.21. The highest BCUT2D eigenvalue weighted by Crippen LogP contribution is 2.19. The van der Waals surface area contributed by atoms with Crippen molar-refractivity contribution in [2.75, 3.05) is 18.4 Å². The van der Waals surface area contributed by atoms with Crippen LogP contribution in [0, 0.1) is 5.82 Å². The molecule has 1 amide bonds. The molecular weight excluding hydrogens is 285 g/mol. The monoisotopic (exact) mass is 295 g/mol. The third-order valence-electron chi connectivity index (χ3n) is 3.05. The second-order valence-electron chi connectivity index (χ2n) is 4.48. The van der Waals surface area contributed by atoms with E-state index in [2.05, 4.69) is 20.9 Å². The first-order valence-corrected chi connectivity index (χ1v) is 6.40. The van der Waals surface area contributed by atoms with Crippen LogP contribution in [0.4, 0.5) is 10.1 Å². The number of nitrogens with one attached hydrogen (secondary N) is 2. The molecule has 2 aromatic rings. The van der Waals surface area contributed by atoms with Crippen molar-refractivity contribution in [2.24, 2.45) is 0 Å². The Hall–Kier alpha value is -1.99. The van der Waals surface area contributed by atoms with Crippen LogP contribution in [-0.2, 0) is 0 Å². The lowest BCUT2D eigenvalue weighted by Crippen LogP contribution is -2.43. The summed E-state index contributed by atoms with van der Waals surface area (Å²) in [4.78, 5) is 12.0. The Morgan fingerprint density at radius 1 is 1.50 bits per heavy atom. The predicted molar refractivity (Wildman–Crippen MR) is 71.3 cm³/mol. The molecule has 1 aromatic carbocycles. The molecule has 1 fully saturated rings. The third kappa shape index (κ3) is 2.50. The normalized spacial score (nSPS) is 14.9. The summed E-state index contributed by atoms with van der Waals surface area (Å²) in [6.07, 6.45) is 1.58. The Balaban J connectivity index is 1.71. The third-order valence-corrected chi connectivity index (χ3v) is 3.36. The topological polar surface area (TPSA) is 71.8 Å². The smallest absolute Gasteiger partial charge is 0.277 e. The number of carbonyl (C=O) groups is 1. The number of hydrogen-bond acceptors (Lipinski definition) is 4. The molecule has 2 heterocycles. The SMILES string of the molecule is O=C(Nc1ccc(Cl)c(F)c1)c1cn(C2CNC2)nn1. The molecule has 0 aliphatic carbocycles. The standard InChI is InChI=1S/C12H11ClFN5O/c13-9-2-1-7(3-10(9)14)16-12(20)11-6-19(18-17-11)8-4-15-5-8/h1-3,6,8,15H,4-5H2,(H,16,20). The number of rotatable bonds is 3. The Morgan fingerprint density at radius 3 is 2.95 bits per heavy atom. The summed E-state index contributed by atoms with van der Waals surface area (Å²) >= 11 is 5.58. The second kappa shape index (κ2) is 5.18. The molecule has 2 N–H and O–H groups in total. The minimum atomic E-state index is -0.589. The summed E-state index contributed by atoms with van der Waals surface area (Å²) in [5.74, 6) is -1.03. The largest absolute Gasteiger partial charge is 0.320 e. The van der Waals surface area contributed by atoms with Crippen molar-refractivity contribution < 1.29 is 9.18 Å². The lowest BCUT2D eigenvalue weighted by Gasteiger charge is -2.26. The Kier molecular flexibility index (Phi) is 3.37. The highest BCUT2D eigenvalue weighted by atomic mass is 35.5. The van der Waals surface area contributed by atoms with E-state index in [9.17, 15) is 9.18 Å². The molecule has 6 nitrogen and oxygen atoms in total. The van der Waals surface area contributed by atoms with Gasteiger partial charge in [-0.1, -0.05) is 16.8 Å². The van der Waals surface area contributed by atoms with Crippen LogP contribution in [0.15, 0.2) is 24.4 Å². The molecule has 0 spiro atoms. The van der Waals surface area contributed by atoms with Gasteiger partial charge >= 0.3 is 0 Å². The average Bonchev–Trinajstić information content (AvgIpc) is 2.81. The lowest BCUT2D eigenvalue weighted by molar-refractivity contribution is 0.102. The second-order valence-corrected chi connectivity index (χ2v) is 4.89. The average molecular weight is 296 g/mol. The molecule has 0 radical (unpaired) electrons. The number of anilines is 1. The van der Waals surface area contributed by atoms with Gasteiger partial charge in [-0.2, -0.15) is 0 Å². The number of halogens is 2. The number of aromatic nitrogens is 3. The van der Waals surface area contributed by atoms with E-state index < -0.39 is 11.7 Å². The quantitative estimate of drug-likeness (QED) is 0.899. The fraction of sp³-hybridized carbons (Fsp3) is 0.250. The van der Waals surface area contributed by atoms with E-state index in [1.807, 2.05) is 0 Å². The van der Waals surface area contributed by atoms with Gasteiger partial charge in [0, 0.05) is 18.8 Å². The van der Waals surface area contributed by atoms with Gasteiger partial charge in [0.15, 0.2) is 5.69 Å². The summed E-state index contributed by atoms with van der Waals surface area (Å²) in [5, 5.41) is 13.4. The van der Waals surface area contributed by atoms with Crippen LogP contribution in [-0.4, -0.2) is 34.0 Å². The first-order chi connectivity index (χ1) is 9.63. The van der Waals surface area contributed by atoms with Crippen molar-refractivity contribution in [3.8, 4) is 0 Å². The molecule has 20 heavy (non-hydrogen) atoms. The van der Waals surface area contributed by atoms with E-state index in [0.29, 0.717) is 5.69 Å². The maximum absolute atomic E-state index is 13.3. The summed E-state index contributed by atoms with van der Waals surface area (Å²) in [6, 6.07) is 4.28. The maximum atomic E-state index is 13.3. The molecule has 1 aromatic heterocycles. The molecule has 3 rings (SSSR count). The van der Waals surface area contributed by atoms with Gasteiger partial charge in [-0.25, -0.2) is 9.07 Å².